The van der Waals surface area contributed by atoms with Crippen LogP contribution in [0.5, 0.6) is 0 Å². The van der Waals surface area contributed by atoms with Crippen LogP contribution in [0.2, 0.25) is 0 Å². The number of aromatic nitrogens is 1. The number of carboxylic acid groups (broad SMARTS) is 1. The fraction of sp³-hybridized carbons (Fsp3) is 0.429. The van der Waals surface area contributed by atoms with Crippen molar-refractivity contribution < 1.29 is 19.5 Å². The van der Waals surface area contributed by atoms with Crippen LogP contribution in [0.3, 0.4) is 0 Å². The number of halogens is 1. The number of rotatable bonds is 3. The van der Waals surface area contributed by atoms with Gasteiger partial charge in [0.2, 0.25) is 11.8 Å². The fourth-order valence-electron chi connectivity index (χ4n) is 6.41. The zero-order chi connectivity index (χ0) is 21.6. The quantitative estimate of drug-likeness (QED) is 0.602. The van der Waals surface area contributed by atoms with Crippen LogP contribution in [0.4, 0.5) is 0 Å². The Morgan fingerprint density at radius 2 is 1.81 bits per heavy atom. The number of imide groups is 1. The van der Waals surface area contributed by atoms with Gasteiger partial charge in [-0.2, -0.15) is 0 Å². The normalized spacial score (nSPS) is 35.3. The topological polar surface area (TPSA) is 108 Å². The first-order valence-corrected chi connectivity index (χ1v) is 12.6. The van der Waals surface area contributed by atoms with E-state index in [2.05, 4.69) is 33.0 Å². The molecule has 0 spiro atoms. The van der Waals surface area contributed by atoms with E-state index in [4.69, 9.17) is 5.11 Å². The summed E-state index contributed by atoms with van der Waals surface area (Å²) < 4.78 is 0.967. The van der Waals surface area contributed by atoms with Crippen LogP contribution in [-0.2, 0) is 14.4 Å². The summed E-state index contributed by atoms with van der Waals surface area (Å²) in [5.41, 5.74) is 1.10. The summed E-state index contributed by atoms with van der Waals surface area (Å²) in [6.07, 6.45) is 0.794. The van der Waals surface area contributed by atoms with E-state index in [9.17, 15) is 19.2 Å². The summed E-state index contributed by atoms with van der Waals surface area (Å²) in [6, 6.07) is 8.07. The van der Waals surface area contributed by atoms with E-state index >= 15 is 0 Å². The third kappa shape index (κ3) is 2.70. The summed E-state index contributed by atoms with van der Waals surface area (Å²) in [7, 11) is 0. The number of thioether (sulfide) groups is 1. The van der Waals surface area contributed by atoms with Gasteiger partial charge in [-0.3, -0.25) is 24.1 Å². The number of H-pyrrole nitrogens is 1. The predicted octanol–water partition coefficient (Wildman–Crippen LogP) is 2.76. The highest BCUT2D eigenvalue weighted by Gasteiger charge is 2.69. The van der Waals surface area contributed by atoms with Gasteiger partial charge in [0.1, 0.15) is 6.54 Å². The van der Waals surface area contributed by atoms with Gasteiger partial charge in [-0.25, -0.2) is 0 Å². The molecule has 0 unspecified atom stereocenters. The van der Waals surface area contributed by atoms with Gasteiger partial charge in [0.05, 0.1) is 16.9 Å². The van der Waals surface area contributed by atoms with Crippen molar-refractivity contribution in [1.29, 1.82) is 0 Å². The largest absolute Gasteiger partial charge is 0.480 e. The number of carbonyl (C=O) groups is 3. The van der Waals surface area contributed by atoms with Crippen molar-refractivity contribution >= 4 is 56.8 Å². The Kier molecular flexibility index (Phi) is 4.33. The number of likely N-dealkylation sites (tertiary alicyclic amines) is 1. The van der Waals surface area contributed by atoms with E-state index in [1.807, 2.05) is 12.1 Å². The van der Waals surface area contributed by atoms with Gasteiger partial charge in [0.15, 0.2) is 0 Å². The molecule has 6 rings (SSSR count). The lowest BCUT2D eigenvalue weighted by Gasteiger charge is -2.43. The minimum Gasteiger partial charge on any atom is -0.480 e. The first-order valence-electron chi connectivity index (χ1n) is 10.1. The SMILES string of the molecule is O=C(O)CN1C(=O)[C@@H]2[C@H]3C[C@@H]([C@H]4Sc5[nH]c(=O)sc5[C@H](c5ccc(Br)cc5)[C@@H]34)[C@H]2C1=O. The molecule has 0 radical (unpaired) electrons. The number of aromatic amines is 1. The van der Waals surface area contributed by atoms with Gasteiger partial charge < -0.3 is 10.1 Å². The van der Waals surface area contributed by atoms with E-state index in [1.54, 1.807) is 11.8 Å². The average molecular weight is 521 g/mol. The summed E-state index contributed by atoms with van der Waals surface area (Å²) in [5, 5.41) is 10.1. The van der Waals surface area contributed by atoms with Gasteiger partial charge in [0, 0.05) is 20.5 Å². The number of nitrogens with one attached hydrogen (secondary N) is 1. The maximum absolute atomic E-state index is 13.1. The van der Waals surface area contributed by atoms with Crippen molar-refractivity contribution in [1.82, 2.24) is 9.88 Å². The first kappa shape index (κ1) is 19.8. The number of fused-ring (bicyclic) bond motifs is 9. The van der Waals surface area contributed by atoms with E-state index in [1.165, 1.54) is 11.3 Å². The Bertz CT molecular complexity index is 1190. The highest BCUT2D eigenvalue weighted by molar-refractivity contribution is 9.10. The Morgan fingerprint density at radius 1 is 1.13 bits per heavy atom. The highest BCUT2D eigenvalue weighted by Crippen LogP contribution is 2.68. The maximum atomic E-state index is 13.1. The molecule has 7 nitrogen and oxygen atoms in total. The van der Waals surface area contributed by atoms with Crippen LogP contribution < -0.4 is 4.87 Å². The molecule has 10 heteroatoms. The van der Waals surface area contributed by atoms with E-state index in [0.29, 0.717) is 0 Å². The molecule has 3 heterocycles. The van der Waals surface area contributed by atoms with Crippen LogP contribution in [0.15, 0.2) is 38.6 Å². The maximum Gasteiger partial charge on any atom is 0.323 e. The molecule has 4 aliphatic rings. The number of carboxylic acids is 1. The number of aliphatic carboxylic acids is 1. The molecule has 3 fully saturated rings. The second-order valence-electron chi connectivity index (χ2n) is 8.67. The number of carbonyl (C=O) groups excluding carboxylic acids is 2. The minimum atomic E-state index is -1.17. The number of nitrogens with zero attached hydrogens (tertiary/aromatic N) is 1. The molecule has 2 bridgehead atoms. The van der Waals surface area contributed by atoms with Crippen LogP contribution in [0.25, 0.3) is 0 Å². The molecule has 2 N–H and O–H groups in total. The van der Waals surface area contributed by atoms with E-state index in [-0.39, 0.29) is 45.6 Å². The zero-order valence-electron chi connectivity index (χ0n) is 16.0. The molecule has 2 saturated carbocycles. The summed E-state index contributed by atoms with van der Waals surface area (Å²) >= 11 is 6.33. The molecule has 2 aliphatic carbocycles. The minimum absolute atomic E-state index is 0.00161. The lowest BCUT2D eigenvalue weighted by atomic mass is 9.68. The molecule has 2 amide bonds. The van der Waals surface area contributed by atoms with E-state index in [0.717, 1.165) is 31.3 Å². The molecular formula is C21H17BrN2O5S2. The Labute approximate surface area is 193 Å². The third-order valence-electron chi connectivity index (χ3n) is 7.34. The van der Waals surface area contributed by atoms with Gasteiger partial charge in [-0.1, -0.05) is 39.4 Å². The lowest BCUT2D eigenvalue weighted by Crippen LogP contribution is -2.42. The molecule has 7 atom stereocenters. The van der Waals surface area contributed by atoms with E-state index < -0.39 is 24.3 Å². The lowest BCUT2D eigenvalue weighted by molar-refractivity contribution is -0.149. The standard InChI is InChI=1S/C21H17BrN2O5S2/c22-8-3-1-7(2-4-8)12-13-9-5-10(16(13)30-18-17(12)31-21(29)23-18)15-14(9)19(27)24(20(15)28)6-11(25)26/h1-4,9-10,12-16H,5-6H2,(H,23,29)(H,25,26)/t9-,10+,12+,13+,14+,15+,16+/m0/s1. The zero-order valence-corrected chi connectivity index (χ0v) is 19.2. The Balaban J connectivity index is 1.45. The summed E-state index contributed by atoms with van der Waals surface area (Å²) in [5.74, 6) is -2.63. The smallest absolute Gasteiger partial charge is 0.323 e. The van der Waals surface area contributed by atoms with Crippen molar-refractivity contribution in [3.63, 3.8) is 0 Å². The molecule has 2 aliphatic heterocycles. The van der Waals surface area contributed by atoms with Crippen molar-refractivity contribution in [2.75, 3.05) is 6.54 Å². The van der Waals surface area contributed by atoms with Crippen molar-refractivity contribution in [2.24, 2.45) is 29.6 Å². The summed E-state index contributed by atoms with van der Waals surface area (Å²) in [4.78, 5) is 54.4. The Hall–Kier alpha value is -1.91. The monoisotopic (exact) mass is 520 g/mol. The van der Waals surface area contributed by atoms with Crippen LogP contribution in [0, 0.1) is 29.6 Å². The van der Waals surface area contributed by atoms with Gasteiger partial charge >= 0.3 is 10.8 Å². The first-order chi connectivity index (χ1) is 14.8. The van der Waals surface area contributed by atoms with Crippen LogP contribution in [-0.4, -0.2) is 44.6 Å². The molecule has 1 aromatic carbocycles. The number of benzene rings is 1. The predicted molar refractivity (Wildman–Crippen MR) is 117 cm³/mol. The second kappa shape index (κ2) is 6.79. The fourth-order valence-corrected chi connectivity index (χ4v) is 9.57. The number of amides is 2. The molecule has 1 saturated heterocycles. The number of thiazole rings is 1. The van der Waals surface area contributed by atoms with Crippen molar-refractivity contribution in [3.8, 4) is 0 Å². The van der Waals surface area contributed by atoms with Gasteiger partial charge in [-0.15, -0.1) is 11.8 Å². The van der Waals surface area contributed by atoms with Crippen LogP contribution >= 0.6 is 39.0 Å². The van der Waals surface area contributed by atoms with Gasteiger partial charge in [0.25, 0.3) is 0 Å². The van der Waals surface area contributed by atoms with Gasteiger partial charge in [-0.05, 0) is 41.9 Å². The number of hydrogen-bond acceptors (Lipinski definition) is 6. The molecule has 160 valence electrons. The van der Waals surface area contributed by atoms with Crippen molar-refractivity contribution in [3.05, 3.63) is 48.8 Å². The highest BCUT2D eigenvalue weighted by atomic mass is 79.9. The molecule has 1 aromatic heterocycles. The number of hydrogen-bond donors (Lipinski definition) is 2. The van der Waals surface area contributed by atoms with Crippen LogP contribution in [0.1, 0.15) is 22.8 Å². The Morgan fingerprint density at radius 3 is 2.48 bits per heavy atom. The summed E-state index contributed by atoms with van der Waals surface area (Å²) in [6.45, 7) is -0.566. The molecule has 31 heavy (non-hydrogen) atoms. The molecule has 2 aromatic rings. The van der Waals surface area contributed by atoms with Crippen molar-refractivity contribution in [2.45, 2.75) is 22.6 Å². The average Bonchev–Trinajstić information content (AvgIpc) is 3.44. The third-order valence-corrected chi connectivity index (χ3v) is 10.5. The molecular weight excluding hydrogens is 504 g/mol. The second-order valence-corrected chi connectivity index (χ2v) is 11.8.